The number of halogens is 3. The number of benzene rings is 2. The average Bonchev–Trinajstić information content (AvgIpc) is 2.79. The summed E-state index contributed by atoms with van der Waals surface area (Å²) in [6.45, 7) is -0.327. The Morgan fingerprint density at radius 1 is 1.00 bits per heavy atom. The first-order chi connectivity index (χ1) is 16.8. The number of carbonyl (C=O) groups excluding carboxylic acids is 2. The first-order valence-electron chi connectivity index (χ1n) is 11.6. The lowest BCUT2D eigenvalue weighted by Gasteiger charge is -2.51. The van der Waals surface area contributed by atoms with Gasteiger partial charge in [0.2, 0.25) is 0 Å². The molecule has 4 atom stereocenters. The van der Waals surface area contributed by atoms with Crippen molar-refractivity contribution < 1.29 is 33.0 Å². The zero-order valence-electron chi connectivity index (χ0n) is 18.7. The number of carbonyl (C=O) groups is 2. The molecule has 3 N–H and O–H groups in total. The van der Waals surface area contributed by atoms with E-state index in [4.69, 9.17) is 21.1 Å². The quantitative estimate of drug-likeness (QED) is 0.559. The van der Waals surface area contributed by atoms with Crippen LogP contribution in [0.5, 0.6) is 11.5 Å². The fourth-order valence-corrected chi connectivity index (χ4v) is 5.38. The molecule has 0 saturated heterocycles. The van der Waals surface area contributed by atoms with E-state index in [-0.39, 0.29) is 42.7 Å². The number of nitrogens with one attached hydrogen (secondary N) is 2. The predicted molar refractivity (Wildman–Crippen MR) is 122 cm³/mol. The van der Waals surface area contributed by atoms with Crippen molar-refractivity contribution in [1.29, 1.82) is 0 Å². The van der Waals surface area contributed by atoms with Gasteiger partial charge in [0.05, 0.1) is 6.10 Å². The molecule has 2 aromatic rings. The topological polar surface area (TPSA) is 96.9 Å². The van der Waals surface area contributed by atoms with Crippen LogP contribution in [-0.2, 0) is 9.59 Å². The van der Waals surface area contributed by atoms with Crippen LogP contribution in [0.2, 0.25) is 5.02 Å². The van der Waals surface area contributed by atoms with Gasteiger partial charge in [-0.05, 0) is 61.4 Å². The molecule has 2 amide bonds. The Kier molecular flexibility index (Phi) is 6.55. The molecule has 7 nitrogen and oxygen atoms in total. The molecule has 35 heavy (non-hydrogen) atoms. The van der Waals surface area contributed by atoms with Gasteiger partial charge in [-0.3, -0.25) is 9.59 Å². The second kappa shape index (κ2) is 9.62. The summed E-state index contributed by atoms with van der Waals surface area (Å²) < 4.78 is 37.4. The van der Waals surface area contributed by atoms with Crippen LogP contribution in [0.4, 0.5) is 8.78 Å². The fourth-order valence-electron chi connectivity index (χ4n) is 5.20. The second-order valence-electron chi connectivity index (χ2n) is 9.42. The molecule has 2 bridgehead atoms. The molecule has 3 aliphatic carbocycles. The van der Waals surface area contributed by atoms with Crippen LogP contribution in [0.15, 0.2) is 36.4 Å². The highest BCUT2D eigenvalue weighted by atomic mass is 35.5. The minimum Gasteiger partial charge on any atom is -0.484 e. The summed E-state index contributed by atoms with van der Waals surface area (Å²) >= 11 is 5.99. The van der Waals surface area contributed by atoms with Crippen LogP contribution in [0, 0.1) is 23.5 Å². The summed E-state index contributed by atoms with van der Waals surface area (Å²) in [7, 11) is 0. The van der Waals surface area contributed by atoms with Gasteiger partial charge in [0.15, 0.2) is 24.3 Å². The monoisotopic (exact) mass is 506 g/mol. The Morgan fingerprint density at radius 3 is 2.49 bits per heavy atom. The maximum Gasteiger partial charge on any atom is 0.261 e. The molecule has 0 aromatic heterocycles. The van der Waals surface area contributed by atoms with E-state index in [0.29, 0.717) is 34.6 Å². The number of hydrogen-bond acceptors (Lipinski definition) is 5. The van der Waals surface area contributed by atoms with Gasteiger partial charge < -0.3 is 25.2 Å². The van der Waals surface area contributed by atoms with Crippen molar-refractivity contribution in [1.82, 2.24) is 10.6 Å². The minimum absolute atomic E-state index is 0.0649. The van der Waals surface area contributed by atoms with Crippen LogP contribution >= 0.6 is 11.6 Å². The third-order valence-corrected chi connectivity index (χ3v) is 7.36. The molecule has 6 rings (SSSR count). The van der Waals surface area contributed by atoms with Crippen molar-refractivity contribution in [3.05, 3.63) is 58.6 Å². The summed E-state index contributed by atoms with van der Waals surface area (Å²) in [5.41, 5.74) is 0.564. The van der Waals surface area contributed by atoms with Gasteiger partial charge in [-0.15, -0.1) is 0 Å². The van der Waals surface area contributed by atoms with Crippen molar-refractivity contribution in [2.24, 2.45) is 11.8 Å². The van der Waals surface area contributed by atoms with Crippen LogP contribution in [0.25, 0.3) is 0 Å². The molecule has 0 radical (unpaired) electrons. The molecule has 2 unspecified atom stereocenters. The Balaban J connectivity index is 1.14. The summed E-state index contributed by atoms with van der Waals surface area (Å²) in [5.74, 6) is -1.55. The van der Waals surface area contributed by atoms with Gasteiger partial charge >= 0.3 is 0 Å². The van der Waals surface area contributed by atoms with Crippen LogP contribution in [0.3, 0.4) is 0 Å². The SMILES string of the molecule is O=C(COc1ccc(F)c(F)c1)NC1CC(NC(=O)[C@H]2C[C@@H](O)c3cc(Cl)ccc3O2)C2CC1C2. The number of rotatable bonds is 6. The van der Waals surface area contributed by atoms with Crippen LogP contribution in [0.1, 0.15) is 37.4 Å². The van der Waals surface area contributed by atoms with E-state index in [1.807, 2.05) is 0 Å². The van der Waals surface area contributed by atoms with E-state index < -0.39 is 23.8 Å². The van der Waals surface area contributed by atoms with E-state index in [1.165, 1.54) is 6.07 Å². The number of fused-ring (bicyclic) bond motifs is 3. The van der Waals surface area contributed by atoms with Crippen molar-refractivity contribution in [2.75, 3.05) is 6.61 Å². The largest absolute Gasteiger partial charge is 0.484 e. The number of hydrogen-bond donors (Lipinski definition) is 3. The first-order valence-corrected chi connectivity index (χ1v) is 12.0. The minimum atomic E-state index is -1.05. The molecule has 1 aliphatic heterocycles. The predicted octanol–water partition coefficient (Wildman–Crippen LogP) is 3.28. The summed E-state index contributed by atoms with van der Waals surface area (Å²) in [4.78, 5) is 25.4. The normalized spacial score (nSPS) is 28.7. The Morgan fingerprint density at radius 2 is 1.74 bits per heavy atom. The number of ether oxygens (including phenoxy) is 2. The molecule has 10 heteroatoms. The maximum atomic E-state index is 13.3. The zero-order chi connectivity index (χ0) is 24.7. The molecular weight excluding hydrogens is 482 g/mol. The molecule has 186 valence electrons. The van der Waals surface area contributed by atoms with E-state index in [2.05, 4.69) is 10.6 Å². The van der Waals surface area contributed by atoms with Crippen molar-refractivity contribution in [3.8, 4) is 11.5 Å². The van der Waals surface area contributed by atoms with Crippen molar-refractivity contribution in [3.63, 3.8) is 0 Å². The van der Waals surface area contributed by atoms with E-state index in [0.717, 1.165) is 25.0 Å². The van der Waals surface area contributed by atoms with Gasteiger partial charge in [-0.1, -0.05) is 11.6 Å². The van der Waals surface area contributed by atoms with Gasteiger partial charge in [0.1, 0.15) is 11.5 Å². The highest BCUT2D eigenvalue weighted by Crippen LogP contribution is 2.46. The van der Waals surface area contributed by atoms with Crippen molar-refractivity contribution in [2.45, 2.75) is 50.0 Å². The van der Waals surface area contributed by atoms with E-state index >= 15 is 0 Å². The number of aliphatic hydroxyl groups excluding tert-OH is 1. The standard InChI is InChI=1S/C25H25ClF2N2O5/c26-14-1-4-22-16(7-14)21(31)10-23(35-22)25(33)30-20-9-19(12-5-13(20)6-12)29-24(32)11-34-15-2-3-17(27)18(28)8-15/h1-4,7-8,12-13,19-21,23,31H,5-6,9-11H2,(H,29,32)(H,30,33)/t12?,13?,19?,20?,21-,23-/m1/s1. The Bertz CT molecular complexity index is 1140. The molecule has 3 fully saturated rings. The van der Waals surface area contributed by atoms with E-state index in [9.17, 15) is 23.5 Å². The van der Waals surface area contributed by atoms with E-state index in [1.54, 1.807) is 18.2 Å². The third-order valence-electron chi connectivity index (χ3n) is 7.12. The van der Waals surface area contributed by atoms with Gasteiger partial charge in [0.25, 0.3) is 11.8 Å². The molecule has 0 spiro atoms. The molecule has 2 aromatic carbocycles. The lowest BCUT2D eigenvalue weighted by molar-refractivity contribution is -0.133. The molecule has 4 aliphatic rings. The summed E-state index contributed by atoms with van der Waals surface area (Å²) in [6.07, 6.45) is 0.786. The maximum absolute atomic E-state index is 13.3. The Labute approximate surface area is 205 Å². The molecule has 1 heterocycles. The highest BCUT2D eigenvalue weighted by molar-refractivity contribution is 6.30. The van der Waals surface area contributed by atoms with Crippen molar-refractivity contribution >= 4 is 23.4 Å². The average molecular weight is 507 g/mol. The van der Waals surface area contributed by atoms with Gasteiger partial charge in [-0.2, -0.15) is 0 Å². The van der Waals surface area contributed by atoms with Crippen LogP contribution in [-0.4, -0.2) is 41.7 Å². The van der Waals surface area contributed by atoms with Gasteiger partial charge in [0, 0.05) is 35.2 Å². The number of amides is 2. The first kappa shape index (κ1) is 23.8. The Hall–Kier alpha value is -2.91. The number of aliphatic hydroxyl groups is 1. The lowest BCUT2D eigenvalue weighted by atomic mass is 9.60. The fraction of sp³-hybridized carbons (Fsp3) is 0.440. The highest BCUT2D eigenvalue weighted by Gasteiger charge is 2.47. The molecular formula is C25H25ClF2N2O5. The smallest absolute Gasteiger partial charge is 0.261 e. The zero-order valence-corrected chi connectivity index (χ0v) is 19.4. The van der Waals surface area contributed by atoms with Crippen LogP contribution < -0.4 is 20.1 Å². The van der Waals surface area contributed by atoms with Gasteiger partial charge in [-0.25, -0.2) is 8.78 Å². The summed E-state index contributed by atoms with van der Waals surface area (Å²) in [5, 5.41) is 16.9. The molecule has 3 saturated carbocycles. The summed E-state index contributed by atoms with van der Waals surface area (Å²) in [6, 6.07) is 7.75. The third kappa shape index (κ3) is 5.06. The second-order valence-corrected chi connectivity index (χ2v) is 9.86. The lowest BCUT2D eigenvalue weighted by Crippen LogP contribution is -2.61.